The number of carbonyl (C=O) groups is 1. The number of nitrogens with one attached hydrogen (secondary N) is 1. The lowest BCUT2D eigenvalue weighted by Gasteiger charge is -2.46. The van der Waals surface area contributed by atoms with E-state index in [1.807, 2.05) is 95.8 Å². The summed E-state index contributed by atoms with van der Waals surface area (Å²) in [6.07, 6.45) is 4.04. The van der Waals surface area contributed by atoms with Gasteiger partial charge >= 0.3 is 0 Å². The molecule has 8 aromatic rings. The first-order valence-electron chi connectivity index (χ1n) is 19.3. The highest BCUT2D eigenvalue weighted by Crippen LogP contribution is 2.55. The summed E-state index contributed by atoms with van der Waals surface area (Å²) in [6.45, 7) is 4.49. The van der Waals surface area contributed by atoms with Crippen LogP contribution >= 0.6 is 0 Å². The third kappa shape index (κ3) is 6.34. The third-order valence-electron chi connectivity index (χ3n) is 11.0. The summed E-state index contributed by atoms with van der Waals surface area (Å²) in [5, 5.41) is 4.73. The van der Waals surface area contributed by atoms with Crippen LogP contribution in [0.4, 0.5) is 8.78 Å². The van der Waals surface area contributed by atoms with Gasteiger partial charge in [-0.15, -0.1) is 0 Å². The minimum atomic E-state index is -1.52. The van der Waals surface area contributed by atoms with Crippen molar-refractivity contribution in [3.05, 3.63) is 155 Å². The van der Waals surface area contributed by atoms with Gasteiger partial charge in [-0.25, -0.2) is 18.7 Å². The van der Waals surface area contributed by atoms with Crippen LogP contribution in [0.1, 0.15) is 22.3 Å². The molecule has 0 unspecified atom stereocenters. The number of amides is 1. The van der Waals surface area contributed by atoms with E-state index in [4.69, 9.17) is 28.9 Å². The Hall–Kier alpha value is -7.25. The molecule has 1 N–H and O–H groups in total. The first-order valence-corrected chi connectivity index (χ1v) is 19.3. The Morgan fingerprint density at radius 2 is 1.13 bits per heavy atom. The van der Waals surface area contributed by atoms with E-state index in [-0.39, 0.29) is 36.3 Å². The van der Waals surface area contributed by atoms with Gasteiger partial charge in [0.25, 0.3) is 0 Å². The van der Waals surface area contributed by atoms with Gasteiger partial charge in [-0.1, -0.05) is 48.5 Å². The Morgan fingerprint density at radius 1 is 0.667 bits per heavy atom. The quantitative estimate of drug-likeness (QED) is 0.129. The van der Waals surface area contributed by atoms with Crippen LogP contribution in [0, 0.1) is 25.5 Å². The van der Waals surface area contributed by atoms with Crippen LogP contribution in [0.3, 0.4) is 0 Å². The topological polar surface area (TPSA) is 105 Å². The second-order valence-corrected chi connectivity index (χ2v) is 14.6. The van der Waals surface area contributed by atoms with Crippen LogP contribution in [0.15, 0.2) is 122 Å². The second-order valence-electron chi connectivity index (χ2n) is 14.6. The van der Waals surface area contributed by atoms with Crippen molar-refractivity contribution in [2.45, 2.75) is 19.4 Å². The lowest BCUT2D eigenvalue weighted by atomic mass is 9.79. The summed E-state index contributed by atoms with van der Waals surface area (Å²) in [5.74, 6) is 0.919. The predicted octanol–water partition coefficient (Wildman–Crippen LogP) is 9.17. The number of ether oxygens (including phenoxy) is 4. The summed E-state index contributed by atoms with van der Waals surface area (Å²) in [5.41, 5.74) is 3.12. The normalized spacial score (nSPS) is 13.7. The van der Waals surface area contributed by atoms with Gasteiger partial charge in [0, 0.05) is 42.5 Å². The highest BCUT2D eigenvalue weighted by Gasteiger charge is 2.52. The maximum atomic E-state index is 15.2. The number of carbonyl (C=O) groups excluding carboxylic acids is 1. The van der Waals surface area contributed by atoms with E-state index < -0.39 is 17.2 Å². The molecule has 0 aliphatic carbocycles. The standard InChI is InChI=1S/C47H40F2N6O5/c1-29-15-17-31(48)21-39(29)59-45-41(37-23-35(57-3)25-51-43(37)54(45)33-11-7-5-8-12-33)47(27-50-19-20-53(47)28-56)42-38-24-36(58-4)26-52-44(38)55(34-13-9-6-10-14-34)46(42)60-40-22-32(49)18-16-30(40)2/h5-18,21-26,28,50H,19-20,27H2,1-4H3. The number of rotatable bonds is 11. The molecule has 4 aromatic heterocycles. The van der Waals surface area contributed by atoms with Crippen molar-refractivity contribution >= 4 is 28.5 Å². The summed E-state index contributed by atoms with van der Waals surface area (Å²) in [4.78, 5) is 25.6. The Kier molecular flexibility index (Phi) is 9.88. The van der Waals surface area contributed by atoms with Crippen molar-refractivity contribution < 1.29 is 32.5 Å². The van der Waals surface area contributed by atoms with Gasteiger partial charge in [0.05, 0.1) is 49.1 Å². The summed E-state index contributed by atoms with van der Waals surface area (Å²) in [6, 6.07) is 31.5. The molecule has 1 aliphatic rings. The molecule has 0 saturated carbocycles. The molecule has 0 atom stereocenters. The predicted molar refractivity (Wildman–Crippen MR) is 224 cm³/mol. The van der Waals surface area contributed by atoms with Crippen molar-refractivity contribution in [1.82, 2.24) is 29.3 Å². The summed E-state index contributed by atoms with van der Waals surface area (Å²) in [7, 11) is 3.11. The summed E-state index contributed by atoms with van der Waals surface area (Å²) < 4.78 is 59.7. The molecule has 4 aromatic carbocycles. The Balaban J connectivity index is 1.51. The molecule has 9 rings (SSSR count). The fourth-order valence-corrected chi connectivity index (χ4v) is 8.17. The average molecular weight is 807 g/mol. The van der Waals surface area contributed by atoms with E-state index >= 15 is 8.78 Å². The highest BCUT2D eigenvalue weighted by molar-refractivity contribution is 5.95. The molecule has 0 radical (unpaired) electrons. The number of benzene rings is 4. The lowest BCUT2D eigenvalue weighted by molar-refractivity contribution is -0.124. The highest BCUT2D eigenvalue weighted by atomic mass is 19.1. The van der Waals surface area contributed by atoms with Gasteiger partial charge in [-0.3, -0.25) is 13.9 Å². The first-order chi connectivity index (χ1) is 29.2. The minimum absolute atomic E-state index is 0.124. The number of methoxy groups -OCH3 is 2. The Morgan fingerprint density at radius 3 is 1.57 bits per heavy atom. The smallest absolute Gasteiger partial charge is 0.213 e. The number of pyridine rings is 2. The maximum Gasteiger partial charge on any atom is 0.213 e. The van der Waals surface area contributed by atoms with E-state index in [0.717, 1.165) is 6.41 Å². The molecule has 11 nitrogen and oxygen atoms in total. The second kappa shape index (κ2) is 15.5. The third-order valence-corrected chi connectivity index (χ3v) is 11.0. The van der Waals surface area contributed by atoms with Crippen LogP contribution in [-0.4, -0.2) is 64.3 Å². The molecule has 1 fully saturated rings. The van der Waals surface area contributed by atoms with Crippen LogP contribution in [0.25, 0.3) is 33.4 Å². The Labute approximate surface area is 344 Å². The van der Waals surface area contributed by atoms with Crippen LogP contribution in [0.2, 0.25) is 0 Å². The SMILES string of the molecule is COc1cnc2c(c1)c(C1(c3c(Oc4cc(F)ccc4C)n(-c4ccccc4)c4ncc(OC)cc34)CNCCN1C=O)c(Oc1cc(F)ccc1C)n2-c1ccccc1. The molecular formula is C47H40F2N6O5. The molecular weight excluding hydrogens is 767 g/mol. The molecule has 60 heavy (non-hydrogen) atoms. The first kappa shape index (κ1) is 38.3. The number of aryl methyl sites for hydroxylation is 2. The van der Waals surface area contributed by atoms with E-state index in [2.05, 4.69) is 5.32 Å². The van der Waals surface area contributed by atoms with Crippen molar-refractivity contribution in [2.75, 3.05) is 33.9 Å². The van der Waals surface area contributed by atoms with Crippen LogP contribution in [0.5, 0.6) is 34.8 Å². The van der Waals surface area contributed by atoms with Gasteiger partial charge in [0.15, 0.2) is 0 Å². The molecule has 1 amide bonds. The number of para-hydroxylation sites is 2. The number of piperazine rings is 1. The minimum Gasteiger partial charge on any atom is -0.495 e. The van der Waals surface area contributed by atoms with Crippen molar-refractivity contribution in [2.24, 2.45) is 0 Å². The van der Waals surface area contributed by atoms with Crippen molar-refractivity contribution in [3.63, 3.8) is 0 Å². The fourth-order valence-electron chi connectivity index (χ4n) is 8.17. The zero-order valence-corrected chi connectivity index (χ0v) is 33.3. The van der Waals surface area contributed by atoms with Crippen LogP contribution in [-0.2, 0) is 10.3 Å². The van der Waals surface area contributed by atoms with Gasteiger partial charge in [-0.2, -0.15) is 0 Å². The van der Waals surface area contributed by atoms with Gasteiger partial charge < -0.3 is 29.2 Å². The number of hydrogen-bond donors (Lipinski definition) is 1. The summed E-state index contributed by atoms with van der Waals surface area (Å²) >= 11 is 0. The molecule has 1 saturated heterocycles. The Bertz CT molecular complexity index is 2720. The van der Waals surface area contributed by atoms with Gasteiger partial charge in [-0.05, 0) is 73.5 Å². The van der Waals surface area contributed by atoms with E-state index in [1.165, 1.54) is 24.3 Å². The molecule has 13 heteroatoms. The number of aromatic nitrogens is 4. The van der Waals surface area contributed by atoms with Crippen molar-refractivity contribution in [1.29, 1.82) is 0 Å². The zero-order valence-electron chi connectivity index (χ0n) is 33.3. The van der Waals surface area contributed by atoms with Gasteiger partial charge in [0.2, 0.25) is 18.2 Å². The fraction of sp³-hybridized carbons (Fsp3) is 0.170. The lowest BCUT2D eigenvalue weighted by Crippen LogP contribution is -2.59. The maximum absolute atomic E-state index is 15.2. The van der Waals surface area contributed by atoms with E-state index in [0.29, 0.717) is 73.7 Å². The number of halogens is 2. The number of hydrogen-bond acceptors (Lipinski definition) is 8. The average Bonchev–Trinajstić information content (AvgIpc) is 3.78. The monoisotopic (exact) mass is 806 g/mol. The molecule has 1 aliphatic heterocycles. The molecule has 5 heterocycles. The van der Waals surface area contributed by atoms with Crippen molar-refractivity contribution in [3.8, 4) is 46.1 Å². The number of fused-ring (bicyclic) bond motifs is 2. The van der Waals surface area contributed by atoms with E-state index in [1.54, 1.807) is 43.6 Å². The number of nitrogens with zero attached hydrogens (tertiary/aromatic N) is 5. The van der Waals surface area contributed by atoms with E-state index in [9.17, 15) is 4.79 Å². The molecule has 0 bridgehead atoms. The molecule has 302 valence electrons. The van der Waals surface area contributed by atoms with Crippen LogP contribution < -0.4 is 24.3 Å². The zero-order chi connectivity index (χ0) is 41.5. The van der Waals surface area contributed by atoms with Gasteiger partial charge in [0.1, 0.15) is 51.5 Å². The largest absolute Gasteiger partial charge is 0.495 e. The molecule has 0 spiro atoms.